The van der Waals surface area contributed by atoms with Crippen molar-refractivity contribution in [3.63, 3.8) is 0 Å². The van der Waals surface area contributed by atoms with Gasteiger partial charge in [-0.05, 0) is 25.0 Å². The molecule has 0 unspecified atom stereocenters. The number of rotatable bonds is 2. The molecule has 15 heavy (non-hydrogen) atoms. The standard InChI is InChI=1S/C12H16N2O/c1-10(15)11-5-6-12(13-9-11)14-7-3-2-4-8-14/h2-3,5-6,9-10,15H,4,7-8H2,1H3/t10-/m0/s1. The van der Waals surface area contributed by atoms with Crippen LogP contribution < -0.4 is 4.90 Å². The third-order valence-corrected chi connectivity index (χ3v) is 2.64. The smallest absolute Gasteiger partial charge is 0.128 e. The molecule has 0 spiro atoms. The molecule has 2 rings (SSSR count). The molecular weight excluding hydrogens is 188 g/mol. The highest BCUT2D eigenvalue weighted by molar-refractivity contribution is 5.41. The summed E-state index contributed by atoms with van der Waals surface area (Å²) in [6, 6.07) is 3.91. The normalized spacial score (nSPS) is 17.9. The van der Waals surface area contributed by atoms with Gasteiger partial charge in [-0.2, -0.15) is 0 Å². The molecule has 1 N–H and O–H groups in total. The van der Waals surface area contributed by atoms with E-state index in [1.807, 2.05) is 12.1 Å². The van der Waals surface area contributed by atoms with Crippen LogP contribution in [0.25, 0.3) is 0 Å². The first-order valence-corrected chi connectivity index (χ1v) is 5.31. The van der Waals surface area contributed by atoms with E-state index < -0.39 is 6.10 Å². The number of aliphatic hydroxyl groups is 1. The van der Waals surface area contributed by atoms with E-state index in [9.17, 15) is 5.11 Å². The average Bonchev–Trinajstić information content (AvgIpc) is 2.30. The van der Waals surface area contributed by atoms with Crippen LogP contribution in [0.5, 0.6) is 0 Å². The predicted octanol–water partition coefficient (Wildman–Crippen LogP) is 1.90. The molecule has 0 aliphatic carbocycles. The van der Waals surface area contributed by atoms with Gasteiger partial charge < -0.3 is 10.0 Å². The van der Waals surface area contributed by atoms with Gasteiger partial charge in [-0.1, -0.05) is 18.2 Å². The van der Waals surface area contributed by atoms with Crippen molar-refractivity contribution >= 4 is 5.82 Å². The Hall–Kier alpha value is -1.35. The Morgan fingerprint density at radius 1 is 1.40 bits per heavy atom. The van der Waals surface area contributed by atoms with Crippen LogP contribution in [0.3, 0.4) is 0 Å². The van der Waals surface area contributed by atoms with E-state index in [-0.39, 0.29) is 0 Å². The number of hydrogen-bond acceptors (Lipinski definition) is 3. The van der Waals surface area contributed by atoms with Crippen molar-refractivity contribution in [3.8, 4) is 0 Å². The summed E-state index contributed by atoms with van der Waals surface area (Å²) < 4.78 is 0. The minimum absolute atomic E-state index is 0.437. The minimum Gasteiger partial charge on any atom is -0.389 e. The number of anilines is 1. The first kappa shape index (κ1) is 10.2. The Balaban J connectivity index is 2.12. The molecule has 0 bridgehead atoms. The molecule has 1 atom stereocenters. The lowest BCUT2D eigenvalue weighted by Gasteiger charge is -2.24. The lowest BCUT2D eigenvalue weighted by atomic mass is 10.2. The van der Waals surface area contributed by atoms with Gasteiger partial charge in [0.2, 0.25) is 0 Å². The molecule has 0 amide bonds. The lowest BCUT2D eigenvalue weighted by Crippen LogP contribution is -2.27. The van der Waals surface area contributed by atoms with Gasteiger partial charge in [0.25, 0.3) is 0 Å². The van der Waals surface area contributed by atoms with E-state index in [1.54, 1.807) is 13.1 Å². The van der Waals surface area contributed by atoms with E-state index in [0.717, 1.165) is 30.9 Å². The molecule has 0 saturated heterocycles. The first-order valence-electron chi connectivity index (χ1n) is 5.31. The van der Waals surface area contributed by atoms with Crippen LogP contribution in [0.1, 0.15) is 25.0 Å². The maximum atomic E-state index is 9.36. The maximum absolute atomic E-state index is 9.36. The first-order chi connectivity index (χ1) is 7.27. The highest BCUT2D eigenvalue weighted by atomic mass is 16.3. The SMILES string of the molecule is C[C@H](O)c1ccc(N2CC=CCC2)nc1. The van der Waals surface area contributed by atoms with Crippen LogP contribution in [-0.4, -0.2) is 23.2 Å². The fraction of sp³-hybridized carbons (Fsp3) is 0.417. The van der Waals surface area contributed by atoms with Crippen LogP contribution in [0.4, 0.5) is 5.82 Å². The molecule has 80 valence electrons. The van der Waals surface area contributed by atoms with Crippen molar-refractivity contribution in [3.05, 3.63) is 36.0 Å². The third-order valence-electron chi connectivity index (χ3n) is 2.64. The molecule has 1 aliphatic rings. The van der Waals surface area contributed by atoms with E-state index in [1.165, 1.54) is 0 Å². The Labute approximate surface area is 90.1 Å². The summed E-state index contributed by atoms with van der Waals surface area (Å²) in [5.74, 6) is 0.990. The predicted molar refractivity (Wildman–Crippen MR) is 60.8 cm³/mol. The fourth-order valence-corrected chi connectivity index (χ4v) is 1.68. The third kappa shape index (κ3) is 2.36. The molecule has 1 aliphatic heterocycles. The molecular formula is C12H16N2O. The van der Waals surface area contributed by atoms with Crippen LogP contribution in [0, 0.1) is 0 Å². The molecule has 0 fully saturated rings. The van der Waals surface area contributed by atoms with Gasteiger partial charge in [-0.25, -0.2) is 4.98 Å². The van der Waals surface area contributed by atoms with Crippen LogP contribution in [0.2, 0.25) is 0 Å². The molecule has 3 heteroatoms. The lowest BCUT2D eigenvalue weighted by molar-refractivity contribution is 0.199. The summed E-state index contributed by atoms with van der Waals surface area (Å²) in [7, 11) is 0. The van der Waals surface area contributed by atoms with Gasteiger partial charge in [0.1, 0.15) is 5.82 Å². The summed E-state index contributed by atoms with van der Waals surface area (Å²) in [5, 5.41) is 9.36. The zero-order valence-corrected chi connectivity index (χ0v) is 8.93. The molecule has 0 aromatic carbocycles. The Kier molecular flexibility index (Phi) is 3.02. The van der Waals surface area contributed by atoms with Crippen molar-refractivity contribution in [1.82, 2.24) is 4.98 Å². The monoisotopic (exact) mass is 204 g/mol. The second-order valence-corrected chi connectivity index (χ2v) is 3.83. The van der Waals surface area contributed by atoms with Gasteiger partial charge in [0, 0.05) is 19.3 Å². The largest absolute Gasteiger partial charge is 0.389 e. The molecule has 1 aromatic rings. The van der Waals surface area contributed by atoms with E-state index in [2.05, 4.69) is 22.0 Å². The van der Waals surface area contributed by atoms with E-state index in [4.69, 9.17) is 0 Å². The van der Waals surface area contributed by atoms with E-state index >= 15 is 0 Å². The minimum atomic E-state index is -0.437. The van der Waals surface area contributed by atoms with Crippen LogP contribution >= 0.6 is 0 Å². The number of nitrogens with zero attached hydrogens (tertiary/aromatic N) is 2. The topological polar surface area (TPSA) is 36.4 Å². The zero-order valence-electron chi connectivity index (χ0n) is 8.93. The highest BCUT2D eigenvalue weighted by Gasteiger charge is 2.09. The summed E-state index contributed by atoms with van der Waals surface area (Å²) in [6.07, 6.45) is 6.75. The second kappa shape index (κ2) is 4.45. The maximum Gasteiger partial charge on any atom is 0.128 e. The van der Waals surface area contributed by atoms with Gasteiger partial charge >= 0.3 is 0 Å². The molecule has 3 nitrogen and oxygen atoms in total. The van der Waals surface area contributed by atoms with E-state index in [0.29, 0.717) is 0 Å². The Bertz CT molecular complexity index is 343. The number of pyridine rings is 1. The molecule has 2 heterocycles. The van der Waals surface area contributed by atoms with Crippen molar-refractivity contribution in [2.75, 3.05) is 18.0 Å². The summed E-state index contributed by atoms with van der Waals surface area (Å²) in [5.41, 5.74) is 0.867. The average molecular weight is 204 g/mol. The molecule has 1 aromatic heterocycles. The fourth-order valence-electron chi connectivity index (χ4n) is 1.68. The summed E-state index contributed by atoms with van der Waals surface area (Å²) in [4.78, 5) is 6.58. The van der Waals surface area contributed by atoms with Gasteiger partial charge in [0.05, 0.1) is 6.10 Å². The quantitative estimate of drug-likeness (QED) is 0.747. The Morgan fingerprint density at radius 2 is 2.27 bits per heavy atom. The zero-order chi connectivity index (χ0) is 10.7. The Morgan fingerprint density at radius 3 is 2.80 bits per heavy atom. The summed E-state index contributed by atoms with van der Waals surface area (Å²) >= 11 is 0. The van der Waals surface area contributed by atoms with Gasteiger partial charge in [-0.15, -0.1) is 0 Å². The highest BCUT2D eigenvalue weighted by Crippen LogP contribution is 2.17. The number of hydrogen-bond donors (Lipinski definition) is 1. The van der Waals surface area contributed by atoms with Crippen molar-refractivity contribution in [2.24, 2.45) is 0 Å². The number of aliphatic hydroxyl groups excluding tert-OH is 1. The second-order valence-electron chi connectivity index (χ2n) is 3.83. The van der Waals surface area contributed by atoms with Gasteiger partial charge in [-0.3, -0.25) is 0 Å². The van der Waals surface area contributed by atoms with Crippen molar-refractivity contribution in [2.45, 2.75) is 19.4 Å². The van der Waals surface area contributed by atoms with Crippen LogP contribution in [0.15, 0.2) is 30.5 Å². The summed E-state index contributed by atoms with van der Waals surface area (Å²) in [6.45, 7) is 3.71. The number of aromatic nitrogens is 1. The molecule has 0 radical (unpaired) electrons. The van der Waals surface area contributed by atoms with Crippen molar-refractivity contribution < 1.29 is 5.11 Å². The molecule has 0 saturated carbocycles. The van der Waals surface area contributed by atoms with Crippen molar-refractivity contribution in [1.29, 1.82) is 0 Å². The van der Waals surface area contributed by atoms with Gasteiger partial charge in [0.15, 0.2) is 0 Å². The van der Waals surface area contributed by atoms with Crippen LogP contribution in [-0.2, 0) is 0 Å².